The maximum Gasteiger partial charge on any atom is 0.0558 e. The summed E-state index contributed by atoms with van der Waals surface area (Å²) in [7, 11) is 0. The fourth-order valence-electron chi connectivity index (χ4n) is 2.19. The molecule has 98 valence electrons. The van der Waals surface area contributed by atoms with Crippen molar-refractivity contribution in [1.82, 2.24) is 4.90 Å². The Balaban J connectivity index is 3.74. The van der Waals surface area contributed by atoms with E-state index < -0.39 is 0 Å². The SMILES string of the molecule is CCC(CC)N(CCO)CCCCCCS. The standard InChI is InChI=1S/C13H29NOS/c1-3-13(4-2)14(10-11-15)9-7-5-6-8-12-16/h13,15-16H,3-12H2,1-2H3. The lowest BCUT2D eigenvalue weighted by Crippen LogP contribution is -2.37. The number of hydrogen-bond acceptors (Lipinski definition) is 3. The van der Waals surface area contributed by atoms with Gasteiger partial charge in [-0.2, -0.15) is 12.6 Å². The monoisotopic (exact) mass is 247 g/mol. The lowest BCUT2D eigenvalue weighted by Gasteiger charge is -2.29. The number of thiol groups is 1. The van der Waals surface area contributed by atoms with Gasteiger partial charge in [0.2, 0.25) is 0 Å². The summed E-state index contributed by atoms with van der Waals surface area (Å²) in [4.78, 5) is 2.45. The molecule has 0 aromatic heterocycles. The summed E-state index contributed by atoms with van der Waals surface area (Å²) in [5.74, 6) is 1.01. The number of aliphatic hydroxyl groups excluding tert-OH is 1. The molecule has 0 aliphatic heterocycles. The van der Waals surface area contributed by atoms with Crippen molar-refractivity contribution in [2.75, 3.05) is 25.4 Å². The van der Waals surface area contributed by atoms with E-state index in [-0.39, 0.29) is 6.61 Å². The van der Waals surface area contributed by atoms with Crippen LogP contribution in [0.4, 0.5) is 0 Å². The zero-order valence-corrected chi connectivity index (χ0v) is 11.9. The molecule has 0 fully saturated rings. The second-order valence-electron chi connectivity index (χ2n) is 4.37. The van der Waals surface area contributed by atoms with E-state index >= 15 is 0 Å². The first kappa shape index (κ1) is 16.3. The predicted octanol–water partition coefficient (Wildman–Crippen LogP) is 2.96. The van der Waals surface area contributed by atoms with E-state index in [9.17, 15) is 0 Å². The molecule has 0 saturated carbocycles. The van der Waals surface area contributed by atoms with Crippen molar-refractivity contribution in [2.45, 2.75) is 58.4 Å². The molecule has 1 N–H and O–H groups in total. The summed E-state index contributed by atoms with van der Waals surface area (Å²) in [6.07, 6.45) is 7.45. The Bertz CT molecular complexity index is 140. The number of hydrogen-bond donors (Lipinski definition) is 2. The number of aliphatic hydroxyl groups is 1. The highest BCUT2D eigenvalue weighted by atomic mass is 32.1. The quantitative estimate of drug-likeness (QED) is 0.433. The third-order valence-corrected chi connectivity index (χ3v) is 3.52. The first-order valence-corrected chi connectivity index (χ1v) is 7.39. The molecule has 0 aromatic rings. The molecule has 0 aliphatic carbocycles. The van der Waals surface area contributed by atoms with Crippen LogP contribution >= 0.6 is 12.6 Å². The minimum Gasteiger partial charge on any atom is -0.395 e. The maximum atomic E-state index is 9.07. The third-order valence-electron chi connectivity index (χ3n) is 3.20. The van der Waals surface area contributed by atoms with Gasteiger partial charge >= 0.3 is 0 Å². The molecular weight excluding hydrogens is 218 g/mol. The van der Waals surface area contributed by atoms with E-state index in [0.29, 0.717) is 6.04 Å². The molecule has 0 rings (SSSR count). The van der Waals surface area contributed by atoms with Crippen LogP contribution in [0.5, 0.6) is 0 Å². The van der Waals surface area contributed by atoms with Gasteiger partial charge in [-0.15, -0.1) is 0 Å². The summed E-state index contributed by atoms with van der Waals surface area (Å²) in [6, 6.07) is 0.650. The summed E-state index contributed by atoms with van der Waals surface area (Å²) in [6.45, 7) is 6.73. The number of unbranched alkanes of at least 4 members (excludes halogenated alkanes) is 3. The van der Waals surface area contributed by atoms with Crippen LogP contribution in [0.2, 0.25) is 0 Å². The highest BCUT2D eigenvalue weighted by Gasteiger charge is 2.13. The van der Waals surface area contributed by atoms with Crippen LogP contribution in [0.3, 0.4) is 0 Å². The van der Waals surface area contributed by atoms with Gasteiger partial charge in [-0.05, 0) is 38.0 Å². The van der Waals surface area contributed by atoms with E-state index in [0.717, 1.165) is 18.8 Å². The zero-order chi connectivity index (χ0) is 12.2. The highest BCUT2D eigenvalue weighted by molar-refractivity contribution is 7.80. The van der Waals surface area contributed by atoms with Crippen LogP contribution in [-0.2, 0) is 0 Å². The van der Waals surface area contributed by atoms with Crippen molar-refractivity contribution in [3.05, 3.63) is 0 Å². The second-order valence-corrected chi connectivity index (χ2v) is 4.81. The minimum atomic E-state index is 0.285. The smallest absolute Gasteiger partial charge is 0.0558 e. The minimum absolute atomic E-state index is 0.285. The van der Waals surface area contributed by atoms with Crippen LogP contribution in [0, 0.1) is 0 Å². The van der Waals surface area contributed by atoms with Crippen LogP contribution in [-0.4, -0.2) is 41.5 Å². The van der Waals surface area contributed by atoms with Crippen LogP contribution in [0.15, 0.2) is 0 Å². The van der Waals surface area contributed by atoms with Crippen molar-refractivity contribution in [3.8, 4) is 0 Å². The molecule has 0 aliphatic rings. The topological polar surface area (TPSA) is 23.5 Å². The summed E-state index contributed by atoms with van der Waals surface area (Å²) in [5.41, 5.74) is 0. The van der Waals surface area contributed by atoms with Crippen LogP contribution in [0.1, 0.15) is 52.4 Å². The normalized spacial score (nSPS) is 11.6. The number of rotatable bonds is 11. The lowest BCUT2D eigenvalue weighted by molar-refractivity contribution is 0.141. The summed E-state index contributed by atoms with van der Waals surface area (Å²) >= 11 is 4.22. The summed E-state index contributed by atoms with van der Waals surface area (Å²) in [5, 5.41) is 9.07. The van der Waals surface area contributed by atoms with Crippen molar-refractivity contribution < 1.29 is 5.11 Å². The van der Waals surface area contributed by atoms with Crippen LogP contribution in [0.25, 0.3) is 0 Å². The molecule has 0 aromatic carbocycles. The van der Waals surface area contributed by atoms with Crippen molar-refractivity contribution in [2.24, 2.45) is 0 Å². The average Bonchev–Trinajstić information content (AvgIpc) is 2.30. The largest absolute Gasteiger partial charge is 0.395 e. The molecule has 16 heavy (non-hydrogen) atoms. The molecule has 0 unspecified atom stereocenters. The van der Waals surface area contributed by atoms with Gasteiger partial charge in [0.25, 0.3) is 0 Å². The Morgan fingerprint density at radius 2 is 1.62 bits per heavy atom. The molecule has 3 heteroatoms. The molecule has 0 bridgehead atoms. The lowest BCUT2D eigenvalue weighted by atomic mass is 10.1. The molecule has 2 nitrogen and oxygen atoms in total. The van der Waals surface area contributed by atoms with E-state index in [2.05, 4.69) is 31.4 Å². The first-order chi connectivity index (χ1) is 7.79. The van der Waals surface area contributed by atoms with Gasteiger partial charge in [0.1, 0.15) is 0 Å². The molecule has 0 amide bonds. The van der Waals surface area contributed by atoms with Gasteiger partial charge in [-0.1, -0.05) is 26.7 Å². The summed E-state index contributed by atoms with van der Waals surface area (Å²) < 4.78 is 0. The average molecular weight is 247 g/mol. The van der Waals surface area contributed by atoms with E-state index in [1.807, 2.05) is 0 Å². The molecule has 0 saturated heterocycles. The Kier molecular flexibility index (Phi) is 11.9. The van der Waals surface area contributed by atoms with Crippen molar-refractivity contribution >= 4 is 12.6 Å². The Labute approximate surface area is 107 Å². The maximum absolute atomic E-state index is 9.07. The van der Waals surface area contributed by atoms with Gasteiger partial charge in [0, 0.05) is 12.6 Å². The van der Waals surface area contributed by atoms with Crippen molar-refractivity contribution in [1.29, 1.82) is 0 Å². The van der Waals surface area contributed by atoms with E-state index in [1.165, 1.54) is 38.5 Å². The van der Waals surface area contributed by atoms with Gasteiger partial charge in [-0.3, -0.25) is 4.90 Å². The van der Waals surface area contributed by atoms with Gasteiger partial charge in [-0.25, -0.2) is 0 Å². The molecule has 0 spiro atoms. The van der Waals surface area contributed by atoms with Gasteiger partial charge in [0.15, 0.2) is 0 Å². The second kappa shape index (κ2) is 11.7. The van der Waals surface area contributed by atoms with E-state index in [4.69, 9.17) is 5.11 Å². The molecule has 0 radical (unpaired) electrons. The fourth-order valence-corrected chi connectivity index (χ4v) is 2.41. The number of nitrogens with zero attached hydrogens (tertiary/aromatic N) is 1. The van der Waals surface area contributed by atoms with Gasteiger partial charge in [0.05, 0.1) is 6.61 Å². The van der Waals surface area contributed by atoms with E-state index in [1.54, 1.807) is 0 Å². The van der Waals surface area contributed by atoms with Crippen molar-refractivity contribution in [3.63, 3.8) is 0 Å². The third kappa shape index (κ3) is 7.53. The predicted molar refractivity (Wildman–Crippen MR) is 75.3 cm³/mol. The Hall–Kier alpha value is 0.270. The first-order valence-electron chi connectivity index (χ1n) is 6.75. The Morgan fingerprint density at radius 1 is 1.00 bits per heavy atom. The van der Waals surface area contributed by atoms with Gasteiger partial charge < -0.3 is 5.11 Å². The molecule has 0 atom stereocenters. The Morgan fingerprint density at radius 3 is 2.12 bits per heavy atom. The fraction of sp³-hybridized carbons (Fsp3) is 1.00. The van der Waals surface area contributed by atoms with Crippen LogP contribution < -0.4 is 0 Å². The zero-order valence-electron chi connectivity index (χ0n) is 11.0. The molecular formula is C13H29NOS. The molecule has 0 heterocycles. The highest BCUT2D eigenvalue weighted by Crippen LogP contribution is 2.10.